The molecule has 1 aliphatic rings. The Morgan fingerprint density at radius 3 is 2.17 bits per heavy atom. The molecular formula is C23H27NO6. The Kier molecular flexibility index (Phi) is 11.2. The molecular weight excluding hydrogens is 386 g/mol. The van der Waals surface area contributed by atoms with Gasteiger partial charge in [-0.05, 0) is 35.3 Å². The topological polar surface area (TPSA) is 118 Å². The van der Waals surface area contributed by atoms with E-state index >= 15 is 0 Å². The Balaban J connectivity index is 0.000000383. The standard InChI is InChI=1S/C18H19NO.C4H4O4.CH4O/c20-18-10-4-8-16(12-18)17-9-5-11-19(14-17)13-15-6-2-1-3-7-15;5-3(6)1-2-4(7)8;1-2/h1-4,6-10,12,20H,5,11,13-14H2;1-2H,(H,5,6)(H,7,8);2H,1H3. The molecule has 4 N–H and O–H groups in total. The van der Waals surface area contributed by atoms with E-state index in [0.717, 1.165) is 38.7 Å². The number of aliphatic hydroxyl groups excluding tert-OH is 1. The Labute approximate surface area is 175 Å². The van der Waals surface area contributed by atoms with Crippen LogP contribution in [0.15, 0.2) is 72.8 Å². The van der Waals surface area contributed by atoms with E-state index in [9.17, 15) is 14.7 Å². The van der Waals surface area contributed by atoms with Crippen LogP contribution in [0.3, 0.4) is 0 Å². The molecule has 7 nitrogen and oxygen atoms in total. The van der Waals surface area contributed by atoms with Crippen molar-refractivity contribution in [2.24, 2.45) is 0 Å². The van der Waals surface area contributed by atoms with Crippen LogP contribution in [0.1, 0.15) is 17.5 Å². The molecule has 0 spiro atoms. The van der Waals surface area contributed by atoms with E-state index in [1.165, 1.54) is 11.1 Å². The molecule has 0 saturated carbocycles. The van der Waals surface area contributed by atoms with Crippen LogP contribution >= 0.6 is 0 Å². The van der Waals surface area contributed by atoms with Crippen molar-refractivity contribution in [2.45, 2.75) is 13.0 Å². The molecule has 0 amide bonds. The molecule has 1 heterocycles. The molecule has 2 aromatic carbocycles. The van der Waals surface area contributed by atoms with Gasteiger partial charge in [0.25, 0.3) is 0 Å². The van der Waals surface area contributed by atoms with Gasteiger partial charge in [-0.1, -0.05) is 48.5 Å². The van der Waals surface area contributed by atoms with Crippen LogP contribution in [0.4, 0.5) is 0 Å². The molecule has 0 bridgehead atoms. The highest BCUT2D eigenvalue weighted by molar-refractivity contribution is 5.89. The van der Waals surface area contributed by atoms with Crippen LogP contribution in [-0.4, -0.2) is 57.5 Å². The van der Waals surface area contributed by atoms with Crippen molar-refractivity contribution in [3.05, 3.63) is 84.0 Å². The number of nitrogens with zero attached hydrogens (tertiary/aromatic N) is 1. The molecule has 0 aromatic heterocycles. The van der Waals surface area contributed by atoms with Crippen LogP contribution in [0.2, 0.25) is 0 Å². The van der Waals surface area contributed by atoms with Gasteiger partial charge in [-0.25, -0.2) is 9.59 Å². The van der Waals surface area contributed by atoms with Crippen LogP contribution in [0.25, 0.3) is 5.57 Å². The fraction of sp³-hybridized carbons (Fsp3) is 0.217. The lowest BCUT2D eigenvalue weighted by molar-refractivity contribution is -0.134. The van der Waals surface area contributed by atoms with Crippen LogP contribution < -0.4 is 0 Å². The lowest BCUT2D eigenvalue weighted by atomic mass is 10.0. The second-order valence-corrected chi connectivity index (χ2v) is 6.27. The van der Waals surface area contributed by atoms with Gasteiger partial charge in [0.05, 0.1) is 0 Å². The second kappa shape index (κ2) is 13.7. The van der Waals surface area contributed by atoms with Crippen molar-refractivity contribution < 1.29 is 30.0 Å². The van der Waals surface area contributed by atoms with Crippen LogP contribution in [0, 0.1) is 0 Å². The van der Waals surface area contributed by atoms with Crippen molar-refractivity contribution in [2.75, 3.05) is 20.2 Å². The van der Waals surface area contributed by atoms with Gasteiger partial charge >= 0.3 is 11.9 Å². The molecule has 0 fully saturated rings. The van der Waals surface area contributed by atoms with E-state index in [1.807, 2.05) is 12.1 Å². The minimum absolute atomic E-state index is 0.337. The molecule has 160 valence electrons. The summed E-state index contributed by atoms with van der Waals surface area (Å²) in [5.74, 6) is -2.18. The first-order valence-electron chi connectivity index (χ1n) is 9.27. The van der Waals surface area contributed by atoms with Gasteiger partial charge in [0.15, 0.2) is 0 Å². The Hall–Kier alpha value is -3.42. The third kappa shape index (κ3) is 9.68. The zero-order valence-electron chi connectivity index (χ0n) is 16.8. The van der Waals surface area contributed by atoms with E-state index in [-0.39, 0.29) is 0 Å². The average molecular weight is 413 g/mol. The molecule has 30 heavy (non-hydrogen) atoms. The number of hydrogen-bond donors (Lipinski definition) is 4. The number of aliphatic hydroxyl groups is 1. The predicted molar refractivity (Wildman–Crippen MR) is 115 cm³/mol. The maximum atomic E-state index is 9.60. The summed E-state index contributed by atoms with van der Waals surface area (Å²) in [6.45, 7) is 3.02. The first kappa shape index (κ1) is 24.6. The number of rotatable bonds is 5. The number of benzene rings is 2. The normalized spacial score (nSPS) is 13.3. The Morgan fingerprint density at radius 1 is 0.967 bits per heavy atom. The van der Waals surface area contributed by atoms with Crippen LogP contribution in [0.5, 0.6) is 5.75 Å². The lowest BCUT2D eigenvalue weighted by Gasteiger charge is -2.27. The zero-order chi connectivity index (χ0) is 22.4. The molecule has 7 heteroatoms. The number of aliphatic carboxylic acids is 2. The summed E-state index contributed by atoms with van der Waals surface area (Å²) in [6.07, 6.45) is 4.47. The summed E-state index contributed by atoms with van der Waals surface area (Å²) in [6, 6.07) is 18.1. The van der Waals surface area contributed by atoms with E-state index < -0.39 is 11.9 Å². The minimum Gasteiger partial charge on any atom is -0.508 e. The summed E-state index contributed by atoms with van der Waals surface area (Å²) >= 11 is 0. The zero-order valence-corrected chi connectivity index (χ0v) is 16.8. The fourth-order valence-electron chi connectivity index (χ4n) is 2.84. The van der Waals surface area contributed by atoms with Crippen molar-refractivity contribution in [3.8, 4) is 5.75 Å². The highest BCUT2D eigenvalue weighted by Gasteiger charge is 2.14. The number of aromatic hydroxyl groups is 1. The number of phenolic OH excluding ortho intramolecular Hbond substituents is 1. The molecule has 0 saturated heterocycles. The smallest absolute Gasteiger partial charge is 0.328 e. The van der Waals surface area contributed by atoms with Crippen molar-refractivity contribution in [1.29, 1.82) is 0 Å². The Morgan fingerprint density at radius 2 is 1.60 bits per heavy atom. The highest BCUT2D eigenvalue weighted by Crippen LogP contribution is 2.24. The molecule has 0 unspecified atom stereocenters. The van der Waals surface area contributed by atoms with E-state index in [0.29, 0.717) is 17.9 Å². The summed E-state index contributed by atoms with van der Waals surface area (Å²) < 4.78 is 0. The monoisotopic (exact) mass is 413 g/mol. The van der Waals surface area contributed by atoms with Crippen molar-refractivity contribution in [1.82, 2.24) is 4.90 Å². The first-order chi connectivity index (χ1) is 14.4. The summed E-state index contributed by atoms with van der Waals surface area (Å²) in [4.78, 5) is 21.6. The number of phenols is 1. The highest BCUT2D eigenvalue weighted by atomic mass is 16.4. The van der Waals surface area contributed by atoms with Gasteiger partial charge in [0, 0.05) is 38.9 Å². The van der Waals surface area contributed by atoms with Crippen LogP contribution in [-0.2, 0) is 16.1 Å². The lowest BCUT2D eigenvalue weighted by Crippen LogP contribution is -2.28. The van der Waals surface area contributed by atoms with Gasteiger partial charge in [-0.2, -0.15) is 0 Å². The second-order valence-electron chi connectivity index (χ2n) is 6.27. The number of carbonyl (C=O) groups is 2. The molecule has 1 aliphatic heterocycles. The van der Waals surface area contributed by atoms with Gasteiger partial charge < -0.3 is 20.4 Å². The van der Waals surface area contributed by atoms with Gasteiger partial charge in [-0.3, -0.25) is 4.90 Å². The third-order valence-corrected chi connectivity index (χ3v) is 4.06. The first-order valence-corrected chi connectivity index (χ1v) is 9.27. The van der Waals surface area contributed by atoms with E-state index in [1.54, 1.807) is 6.07 Å². The van der Waals surface area contributed by atoms with Gasteiger partial charge in [0.2, 0.25) is 0 Å². The number of carboxylic acids is 2. The predicted octanol–water partition coefficient (Wildman–Crippen LogP) is 3.00. The maximum absolute atomic E-state index is 9.60. The summed E-state index contributed by atoms with van der Waals surface area (Å²) in [7, 11) is 1.00. The van der Waals surface area contributed by atoms with Crippen molar-refractivity contribution >= 4 is 17.5 Å². The molecule has 0 atom stereocenters. The molecule has 3 rings (SSSR count). The minimum atomic E-state index is -1.26. The van der Waals surface area contributed by atoms with E-state index in [2.05, 4.69) is 47.4 Å². The molecule has 2 aromatic rings. The molecule has 0 radical (unpaired) electrons. The van der Waals surface area contributed by atoms with Gasteiger partial charge in [-0.15, -0.1) is 0 Å². The number of carboxylic acid groups (broad SMARTS) is 2. The average Bonchev–Trinajstić information content (AvgIpc) is 2.75. The summed E-state index contributed by atoms with van der Waals surface area (Å²) in [5.41, 5.74) is 3.79. The maximum Gasteiger partial charge on any atom is 0.328 e. The largest absolute Gasteiger partial charge is 0.508 e. The summed E-state index contributed by atoms with van der Waals surface area (Å²) in [5, 5.41) is 32.2. The number of hydrogen-bond acceptors (Lipinski definition) is 5. The fourth-order valence-corrected chi connectivity index (χ4v) is 2.84. The van der Waals surface area contributed by atoms with Crippen molar-refractivity contribution in [3.63, 3.8) is 0 Å². The molecule has 0 aliphatic carbocycles. The SMILES string of the molecule is CO.O=C(O)C=CC(=O)O.Oc1cccc(C2=CCCN(Cc3ccccc3)C2)c1. The van der Waals surface area contributed by atoms with Gasteiger partial charge in [0.1, 0.15) is 5.75 Å². The quantitative estimate of drug-likeness (QED) is 0.557. The van der Waals surface area contributed by atoms with E-state index in [4.69, 9.17) is 15.3 Å². The third-order valence-electron chi connectivity index (χ3n) is 4.06. The Bertz CT molecular complexity index is 845.